The molecule has 2 rings (SSSR count). The molecule has 6 heteroatoms. The number of sulfonamides is 1. The van der Waals surface area contributed by atoms with Crippen molar-refractivity contribution in [1.29, 1.82) is 0 Å². The molecule has 84 valence electrons. The highest BCUT2D eigenvalue weighted by atomic mass is 32.2. The summed E-state index contributed by atoms with van der Waals surface area (Å²) in [6.45, 7) is 1.89. The zero-order chi connectivity index (χ0) is 11.1. The van der Waals surface area contributed by atoms with Gasteiger partial charge in [0.2, 0.25) is 10.0 Å². The first-order valence-corrected chi connectivity index (χ1v) is 7.12. The fourth-order valence-electron chi connectivity index (χ4n) is 1.59. The lowest BCUT2D eigenvalue weighted by molar-refractivity contribution is 0.327. The molecule has 1 heterocycles. The molecular weight excluding hydrogens is 232 g/mol. The maximum atomic E-state index is 11.8. The summed E-state index contributed by atoms with van der Waals surface area (Å²) in [6, 6.07) is 3.63. The Morgan fingerprint density at radius 3 is 2.60 bits per heavy atom. The number of hydrogen-bond acceptors (Lipinski definition) is 4. The minimum atomic E-state index is -3.31. The van der Waals surface area contributed by atoms with E-state index >= 15 is 0 Å². The van der Waals surface area contributed by atoms with Crippen molar-refractivity contribution < 1.29 is 8.42 Å². The Hall–Kier alpha value is -0.430. The number of aryl methyl sites for hydroxylation is 1. The van der Waals surface area contributed by atoms with Crippen LogP contribution in [0.3, 0.4) is 0 Å². The van der Waals surface area contributed by atoms with E-state index in [-0.39, 0.29) is 12.1 Å². The van der Waals surface area contributed by atoms with Crippen LogP contribution in [0.5, 0.6) is 0 Å². The molecule has 1 aromatic rings. The Labute approximate surface area is 93.5 Å². The van der Waals surface area contributed by atoms with E-state index in [1.54, 1.807) is 6.07 Å². The zero-order valence-electron chi connectivity index (χ0n) is 8.43. The van der Waals surface area contributed by atoms with Crippen LogP contribution in [-0.2, 0) is 10.0 Å². The maximum Gasteiger partial charge on any atom is 0.250 e. The van der Waals surface area contributed by atoms with E-state index in [2.05, 4.69) is 4.72 Å². The smallest absolute Gasteiger partial charge is 0.250 e. The van der Waals surface area contributed by atoms with Gasteiger partial charge in [0.15, 0.2) is 0 Å². The lowest BCUT2D eigenvalue weighted by atomic mass is 9.89. The van der Waals surface area contributed by atoms with Gasteiger partial charge in [0, 0.05) is 17.0 Å². The van der Waals surface area contributed by atoms with E-state index in [1.807, 2.05) is 13.0 Å². The van der Waals surface area contributed by atoms with Gasteiger partial charge in [-0.05, 0) is 31.9 Å². The second-order valence-corrected chi connectivity index (χ2v) is 7.14. The van der Waals surface area contributed by atoms with Crippen LogP contribution in [0, 0.1) is 6.92 Å². The first-order chi connectivity index (χ1) is 6.97. The molecule has 0 unspecified atom stereocenters. The van der Waals surface area contributed by atoms with Gasteiger partial charge in [0.05, 0.1) is 0 Å². The van der Waals surface area contributed by atoms with E-state index in [1.165, 1.54) is 11.3 Å². The lowest BCUT2D eigenvalue weighted by Crippen LogP contribution is -2.50. The summed E-state index contributed by atoms with van der Waals surface area (Å²) in [4.78, 5) is 1.00. The van der Waals surface area contributed by atoms with E-state index < -0.39 is 10.0 Å². The van der Waals surface area contributed by atoms with Crippen LogP contribution in [0.1, 0.15) is 17.7 Å². The minimum absolute atomic E-state index is 0.0207. The summed E-state index contributed by atoms with van der Waals surface area (Å²) >= 11 is 1.29. The van der Waals surface area contributed by atoms with E-state index in [0.717, 1.165) is 17.7 Å². The predicted octanol–water partition coefficient (Wildman–Crippen LogP) is 0.825. The summed E-state index contributed by atoms with van der Waals surface area (Å²) in [5.74, 6) is 0. The average Bonchev–Trinajstić information content (AvgIpc) is 2.49. The molecule has 1 fully saturated rings. The molecule has 0 amide bonds. The van der Waals surface area contributed by atoms with Crippen LogP contribution in [-0.4, -0.2) is 20.5 Å². The zero-order valence-corrected chi connectivity index (χ0v) is 10.1. The molecule has 0 radical (unpaired) electrons. The van der Waals surface area contributed by atoms with Crippen molar-refractivity contribution in [3.05, 3.63) is 17.0 Å². The maximum absolute atomic E-state index is 11.8. The summed E-state index contributed by atoms with van der Waals surface area (Å²) < 4.78 is 26.7. The molecule has 0 spiro atoms. The fourth-order valence-corrected chi connectivity index (χ4v) is 4.15. The van der Waals surface area contributed by atoms with Gasteiger partial charge in [-0.25, -0.2) is 13.1 Å². The molecular formula is C9H14N2O2S2. The Bertz CT molecular complexity index is 446. The lowest BCUT2D eigenvalue weighted by Gasteiger charge is -2.32. The highest BCUT2D eigenvalue weighted by Gasteiger charge is 2.30. The van der Waals surface area contributed by atoms with Gasteiger partial charge < -0.3 is 5.73 Å². The Morgan fingerprint density at radius 2 is 2.13 bits per heavy atom. The van der Waals surface area contributed by atoms with Crippen molar-refractivity contribution >= 4 is 21.4 Å². The summed E-state index contributed by atoms with van der Waals surface area (Å²) in [5, 5.41) is 0. The Kier molecular flexibility index (Phi) is 2.85. The molecule has 0 saturated heterocycles. The van der Waals surface area contributed by atoms with Gasteiger partial charge in [-0.2, -0.15) is 0 Å². The molecule has 4 nitrogen and oxygen atoms in total. The number of hydrogen-bond donors (Lipinski definition) is 2. The minimum Gasteiger partial charge on any atom is -0.328 e. The molecule has 15 heavy (non-hydrogen) atoms. The van der Waals surface area contributed by atoms with Crippen molar-refractivity contribution in [3.8, 4) is 0 Å². The average molecular weight is 246 g/mol. The van der Waals surface area contributed by atoms with Crippen molar-refractivity contribution in [1.82, 2.24) is 4.72 Å². The Balaban J connectivity index is 2.07. The quantitative estimate of drug-likeness (QED) is 0.829. The van der Waals surface area contributed by atoms with Gasteiger partial charge >= 0.3 is 0 Å². The summed E-state index contributed by atoms with van der Waals surface area (Å²) in [5.41, 5.74) is 5.60. The van der Waals surface area contributed by atoms with E-state index in [0.29, 0.717) is 4.21 Å². The second-order valence-electron chi connectivity index (χ2n) is 3.91. The van der Waals surface area contributed by atoms with Crippen molar-refractivity contribution in [3.63, 3.8) is 0 Å². The number of nitrogens with two attached hydrogens (primary N) is 1. The van der Waals surface area contributed by atoms with Gasteiger partial charge in [-0.15, -0.1) is 11.3 Å². The van der Waals surface area contributed by atoms with Crippen LogP contribution in [0.25, 0.3) is 0 Å². The van der Waals surface area contributed by atoms with Gasteiger partial charge in [-0.1, -0.05) is 0 Å². The molecule has 0 aliphatic heterocycles. The SMILES string of the molecule is Cc1ccc(S(=O)(=O)NC2CC(N)C2)s1. The second kappa shape index (κ2) is 3.86. The normalized spacial score (nSPS) is 26.3. The van der Waals surface area contributed by atoms with Crippen LogP contribution in [0.4, 0.5) is 0 Å². The van der Waals surface area contributed by atoms with Crippen molar-refractivity contribution in [2.24, 2.45) is 5.73 Å². The highest BCUT2D eigenvalue weighted by molar-refractivity contribution is 7.91. The predicted molar refractivity (Wildman–Crippen MR) is 60.4 cm³/mol. The first-order valence-electron chi connectivity index (χ1n) is 4.82. The van der Waals surface area contributed by atoms with Crippen LogP contribution >= 0.6 is 11.3 Å². The van der Waals surface area contributed by atoms with Gasteiger partial charge in [0.1, 0.15) is 4.21 Å². The largest absolute Gasteiger partial charge is 0.328 e. The first kappa shape index (κ1) is 11.1. The Morgan fingerprint density at radius 1 is 1.47 bits per heavy atom. The molecule has 1 aromatic heterocycles. The molecule has 1 aliphatic rings. The monoisotopic (exact) mass is 246 g/mol. The number of thiophene rings is 1. The third kappa shape index (κ3) is 2.39. The molecule has 1 saturated carbocycles. The number of rotatable bonds is 3. The molecule has 0 aromatic carbocycles. The summed E-state index contributed by atoms with van der Waals surface area (Å²) in [7, 11) is -3.31. The molecule has 1 aliphatic carbocycles. The summed E-state index contributed by atoms with van der Waals surface area (Å²) in [6.07, 6.45) is 1.48. The van der Waals surface area contributed by atoms with Crippen molar-refractivity contribution in [2.75, 3.05) is 0 Å². The van der Waals surface area contributed by atoms with Gasteiger partial charge in [-0.3, -0.25) is 0 Å². The molecule has 0 atom stereocenters. The van der Waals surface area contributed by atoms with Crippen LogP contribution in [0.15, 0.2) is 16.3 Å². The fraction of sp³-hybridized carbons (Fsp3) is 0.556. The van der Waals surface area contributed by atoms with Crippen LogP contribution in [0.2, 0.25) is 0 Å². The van der Waals surface area contributed by atoms with Crippen molar-refractivity contribution in [2.45, 2.75) is 36.1 Å². The van der Waals surface area contributed by atoms with E-state index in [4.69, 9.17) is 5.73 Å². The molecule has 3 N–H and O–H groups in total. The third-order valence-electron chi connectivity index (χ3n) is 2.48. The molecule has 0 bridgehead atoms. The third-order valence-corrected chi connectivity index (χ3v) is 5.49. The standard InChI is InChI=1S/C9H14N2O2S2/c1-6-2-3-9(14-6)15(12,13)11-8-4-7(10)5-8/h2-3,7-8,11H,4-5,10H2,1H3. The number of nitrogens with one attached hydrogen (secondary N) is 1. The highest BCUT2D eigenvalue weighted by Crippen LogP contribution is 2.24. The topological polar surface area (TPSA) is 72.2 Å². The van der Waals surface area contributed by atoms with Crippen LogP contribution < -0.4 is 10.5 Å². The van der Waals surface area contributed by atoms with Gasteiger partial charge in [0.25, 0.3) is 0 Å². The van der Waals surface area contributed by atoms with E-state index in [9.17, 15) is 8.42 Å².